The summed E-state index contributed by atoms with van der Waals surface area (Å²) in [6.45, 7) is 7.00. The minimum Gasteiger partial charge on any atom is -0.508 e. The molecule has 26 heavy (non-hydrogen) atoms. The highest BCUT2D eigenvalue weighted by Crippen LogP contribution is 2.34. The number of allylic oxidation sites excluding steroid dienone is 1. The topological polar surface area (TPSA) is 35.8 Å². The van der Waals surface area contributed by atoms with Gasteiger partial charge in [-0.25, -0.2) is 4.39 Å². The Morgan fingerprint density at radius 2 is 1.92 bits per heavy atom. The lowest BCUT2D eigenvalue weighted by Gasteiger charge is -2.34. The number of rotatable bonds is 5. The number of hydrogen-bond acceptors (Lipinski definition) is 3. The summed E-state index contributed by atoms with van der Waals surface area (Å²) in [7, 11) is 0. The van der Waals surface area contributed by atoms with Gasteiger partial charge in [-0.1, -0.05) is 44.2 Å². The fourth-order valence-electron chi connectivity index (χ4n) is 3.33. The number of benzene rings is 2. The fourth-order valence-corrected chi connectivity index (χ4v) is 3.33. The Morgan fingerprint density at radius 3 is 2.62 bits per heavy atom. The van der Waals surface area contributed by atoms with Crippen LogP contribution in [-0.2, 0) is 6.42 Å². The highest BCUT2D eigenvalue weighted by atomic mass is 19.1. The zero-order valence-corrected chi connectivity index (χ0v) is 15.5. The number of aliphatic imine (C=N–C) groups is 1. The Balaban J connectivity index is 1.90. The van der Waals surface area contributed by atoms with Gasteiger partial charge in [0.2, 0.25) is 0 Å². The quantitative estimate of drug-likeness (QED) is 0.814. The van der Waals surface area contributed by atoms with Crippen molar-refractivity contribution in [2.75, 3.05) is 6.54 Å². The van der Waals surface area contributed by atoms with Gasteiger partial charge in [-0.3, -0.25) is 4.99 Å². The van der Waals surface area contributed by atoms with E-state index in [0.717, 1.165) is 16.8 Å². The van der Waals surface area contributed by atoms with E-state index >= 15 is 0 Å². The van der Waals surface area contributed by atoms with Gasteiger partial charge in [0.25, 0.3) is 0 Å². The Morgan fingerprint density at radius 1 is 1.15 bits per heavy atom. The third-order valence-electron chi connectivity index (χ3n) is 4.74. The van der Waals surface area contributed by atoms with Gasteiger partial charge in [-0.15, -0.1) is 0 Å². The standard InChI is InChI=1S/C22H25FN2O/c1-15(2)20-14-25(12-11-17-7-6-8-18(23)13-17)22(24-16(20)3)19-9-4-5-10-21(19)26/h4-10,13-15,22,26H,11-12H2,1-3H3. The molecule has 0 aromatic heterocycles. The second-order valence-electron chi connectivity index (χ2n) is 7.00. The van der Waals surface area contributed by atoms with Crippen LogP contribution in [0.4, 0.5) is 4.39 Å². The molecule has 1 aliphatic heterocycles. The van der Waals surface area contributed by atoms with Gasteiger partial charge in [0.15, 0.2) is 6.17 Å². The van der Waals surface area contributed by atoms with Crippen LogP contribution in [0.5, 0.6) is 5.75 Å². The van der Waals surface area contributed by atoms with Gasteiger partial charge >= 0.3 is 0 Å². The van der Waals surface area contributed by atoms with Crippen molar-refractivity contribution >= 4 is 5.71 Å². The molecule has 2 aromatic carbocycles. The van der Waals surface area contributed by atoms with E-state index in [4.69, 9.17) is 4.99 Å². The summed E-state index contributed by atoms with van der Waals surface area (Å²) in [5, 5.41) is 10.3. The van der Waals surface area contributed by atoms with Crippen LogP contribution in [0.2, 0.25) is 0 Å². The Labute approximate surface area is 154 Å². The maximum atomic E-state index is 13.5. The zero-order valence-electron chi connectivity index (χ0n) is 15.5. The molecule has 0 saturated heterocycles. The summed E-state index contributed by atoms with van der Waals surface area (Å²) in [6.07, 6.45) is 2.58. The average Bonchev–Trinajstić information content (AvgIpc) is 2.60. The van der Waals surface area contributed by atoms with Gasteiger partial charge < -0.3 is 10.0 Å². The van der Waals surface area contributed by atoms with Crippen LogP contribution < -0.4 is 0 Å². The SMILES string of the molecule is CC1=NC(c2ccccc2O)N(CCc2cccc(F)c2)C=C1C(C)C. The lowest BCUT2D eigenvalue weighted by atomic mass is 9.97. The van der Waals surface area contributed by atoms with Crippen molar-refractivity contribution in [1.82, 2.24) is 4.90 Å². The molecule has 2 aromatic rings. The molecule has 0 saturated carbocycles. The lowest BCUT2D eigenvalue weighted by Crippen LogP contribution is -2.31. The Hall–Kier alpha value is -2.62. The number of aromatic hydroxyl groups is 1. The molecule has 3 nitrogen and oxygen atoms in total. The first-order valence-electron chi connectivity index (χ1n) is 9.00. The molecule has 0 fully saturated rings. The molecule has 0 bridgehead atoms. The fraction of sp³-hybridized carbons (Fsp3) is 0.318. The first-order chi connectivity index (χ1) is 12.5. The van der Waals surface area contributed by atoms with Crippen LogP contribution in [0.15, 0.2) is 65.3 Å². The number of phenols is 1. The maximum absolute atomic E-state index is 13.5. The third-order valence-corrected chi connectivity index (χ3v) is 4.74. The van der Waals surface area contributed by atoms with Crippen LogP contribution in [0.3, 0.4) is 0 Å². The number of para-hydroxylation sites is 1. The van der Waals surface area contributed by atoms with Crippen molar-refractivity contribution in [2.24, 2.45) is 10.9 Å². The normalized spacial score (nSPS) is 17.3. The number of halogens is 1. The number of phenolic OH excluding ortho intramolecular Hbond substituents is 1. The van der Waals surface area contributed by atoms with Crippen LogP contribution in [-0.4, -0.2) is 22.3 Å². The van der Waals surface area contributed by atoms with E-state index in [2.05, 4.69) is 24.9 Å². The van der Waals surface area contributed by atoms with Crippen molar-refractivity contribution in [1.29, 1.82) is 0 Å². The van der Waals surface area contributed by atoms with Crippen molar-refractivity contribution in [2.45, 2.75) is 33.4 Å². The molecule has 0 aliphatic carbocycles. The summed E-state index contributed by atoms with van der Waals surface area (Å²) in [6, 6.07) is 14.0. The minimum atomic E-state index is -0.271. The van der Waals surface area contributed by atoms with Crippen LogP contribution in [0.25, 0.3) is 0 Å². The molecule has 0 radical (unpaired) electrons. The van der Waals surface area contributed by atoms with Gasteiger partial charge in [0, 0.05) is 24.0 Å². The first-order valence-corrected chi connectivity index (χ1v) is 9.00. The van der Waals surface area contributed by atoms with E-state index in [1.54, 1.807) is 18.2 Å². The van der Waals surface area contributed by atoms with Gasteiger partial charge in [-0.2, -0.15) is 0 Å². The lowest BCUT2D eigenvalue weighted by molar-refractivity contribution is 0.276. The van der Waals surface area contributed by atoms with Crippen LogP contribution in [0.1, 0.15) is 38.1 Å². The molecule has 136 valence electrons. The summed E-state index contributed by atoms with van der Waals surface area (Å²) in [5.41, 5.74) is 3.92. The van der Waals surface area contributed by atoms with Crippen molar-refractivity contribution < 1.29 is 9.50 Å². The van der Waals surface area contributed by atoms with Crippen molar-refractivity contribution in [3.05, 3.63) is 77.2 Å². The van der Waals surface area contributed by atoms with Gasteiger partial charge in [-0.05, 0) is 48.6 Å². The highest BCUT2D eigenvalue weighted by Gasteiger charge is 2.26. The van der Waals surface area contributed by atoms with Crippen LogP contribution >= 0.6 is 0 Å². The van der Waals surface area contributed by atoms with Gasteiger partial charge in [0.05, 0.1) is 0 Å². The molecule has 3 rings (SSSR count). The van der Waals surface area contributed by atoms with Crippen molar-refractivity contribution in [3.63, 3.8) is 0 Å². The zero-order chi connectivity index (χ0) is 18.7. The molecule has 1 heterocycles. The molecule has 1 unspecified atom stereocenters. The smallest absolute Gasteiger partial charge is 0.150 e. The van der Waals surface area contributed by atoms with Crippen molar-refractivity contribution in [3.8, 4) is 5.75 Å². The molecule has 1 atom stereocenters. The molecule has 1 aliphatic rings. The maximum Gasteiger partial charge on any atom is 0.150 e. The monoisotopic (exact) mass is 352 g/mol. The molecular formula is C22H25FN2O. The molecule has 0 amide bonds. The van der Waals surface area contributed by atoms with E-state index in [9.17, 15) is 9.50 Å². The van der Waals surface area contributed by atoms with Crippen LogP contribution in [0, 0.1) is 11.7 Å². The second-order valence-corrected chi connectivity index (χ2v) is 7.00. The molecule has 1 N–H and O–H groups in total. The largest absolute Gasteiger partial charge is 0.508 e. The average molecular weight is 352 g/mol. The number of nitrogens with zero attached hydrogens (tertiary/aromatic N) is 2. The van der Waals surface area contributed by atoms with E-state index in [0.29, 0.717) is 18.9 Å². The molecule has 4 heteroatoms. The molecular weight excluding hydrogens is 327 g/mol. The summed E-state index contributed by atoms with van der Waals surface area (Å²) in [4.78, 5) is 7.01. The Bertz CT molecular complexity index is 842. The molecule has 0 spiro atoms. The van der Waals surface area contributed by atoms with E-state index in [1.807, 2.05) is 31.2 Å². The van der Waals surface area contributed by atoms with E-state index in [1.165, 1.54) is 11.6 Å². The predicted octanol–water partition coefficient (Wildman–Crippen LogP) is 5.09. The summed E-state index contributed by atoms with van der Waals surface area (Å²) in [5.74, 6) is 0.387. The Kier molecular flexibility index (Phi) is 5.40. The highest BCUT2D eigenvalue weighted by molar-refractivity contribution is 5.99. The number of hydrogen-bond donors (Lipinski definition) is 1. The first kappa shape index (κ1) is 18.2. The summed E-state index contributed by atoms with van der Waals surface area (Å²) >= 11 is 0. The second kappa shape index (κ2) is 7.73. The van der Waals surface area contributed by atoms with E-state index < -0.39 is 0 Å². The predicted molar refractivity (Wildman–Crippen MR) is 104 cm³/mol. The summed E-state index contributed by atoms with van der Waals surface area (Å²) < 4.78 is 13.5. The third kappa shape index (κ3) is 3.96. The minimum absolute atomic E-state index is 0.217. The van der Waals surface area contributed by atoms with E-state index in [-0.39, 0.29) is 17.7 Å². The van der Waals surface area contributed by atoms with Gasteiger partial charge in [0.1, 0.15) is 11.6 Å².